The van der Waals surface area contributed by atoms with E-state index in [4.69, 9.17) is 0 Å². The highest BCUT2D eigenvalue weighted by atomic mass is 32.1. The number of piperidine rings is 1. The first-order valence-corrected chi connectivity index (χ1v) is 14.2. The second-order valence-corrected chi connectivity index (χ2v) is 12.2. The van der Waals surface area contributed by atoms with Crippen molar-refractivity contribution >= 4 is 28.8 Å². The van der Waals surface area contributed by atoms with Crippen LogP contribution in [0.3, 0.4) is 0 Å². The SMILES string of the molecule is CC(=O)N1CCC(Nc2ccc3c(c2)C(=O)N(CC(O)CN2CCc4sccc4C2)CC32CC2)CC1. The van der Waals surface area contributed by atoms with Crippen molar-refractivity contribution in [1.29, 1.82) is 0 Å². The van der Waals surface area contributed by atoms with Crippen molar-refractivity contribution in [3.8, 4) is 0 Å². The molecule has 1 aromatic heterocycles. The number of likely N-dealkylation sites (tertiary alicyclic amines) is 1. The van der Waals surface area contributed by atoms with Gasteiger partial charge in [-0.15, -0.1) is 11.3 Å². The van der Waals surface area contributed by atoms with E-state index in [2.05, 4.69) is 33.8 Å². The fourth-order valence-corrected chi connectivity index (χ4v) is 7.23. The molecule has 1 aliphatic carbocycles. The molecule has 4 aliphatic rings. The summed E-state index contributed by atoms with van der Waals surface area (Å²) >= 11 is 1.83. The smallest absolute Gasteiger partial charge is 0.254 e. The van der Waals surface area contributed by atoms with Crippen LogP contribution >= 0.6 is 11.3 Å². The molecule has 0 radical (unpaired) electrons. The number of aliphatic hydroxyl groups is 1. The highest BCUT2D eigenvalue weighted by molar-refractivity contribution is 7.10. The average Bonchev–Trinajstić information content (AvgIpc) is 3.48. The van der Waals surface area contributed by atoms with Crippen LogP contribution in [0.4, 0.5) is 5.69 Å². The zero-order chi connectivity index (χ0) is 24.9. The van der Waals surface area contributed by atoms with Crippen molar-refractivity contribution < 1.29 is 14.7 Å². The zero-order valence-corrected chi connectivity index (χ0v) is 21.9. The molecule has 2 aromatic rings. The topological polar surface area (TPSA) is 76.1 Å². The Balaban J connectivity index is 1.11. The van der Waals surface area contributed by atoms with E-state index in [0.29, 0.717) is 25.7 Å². The Morgan fingerprint density at radius 3 is 2.75 bits per heavy atom. The molecule has 2 amide bonds. The van der Waals surface area contributed by atoms with Crippen LogP contribution in [0.1, 0.15) is 59.0 Å². The van der Waals surface area contributed by atoms with Crippen molar-refractivity contribution in [2.24, 2.45) is 0 Å². The number of aliphatic hydroxyl groups excluding tert-OH is 1. The summed E-state index contributed by atoms with van der Waals surface area (Å²) in [5.41, 5.74) is 4.38. The Kier molecular flexibility index (Phi) is 6.30. The van der Waals surface area contributed by atoms with Crippen LogP contribution in [0.2, 0.25) is 0 Å². The average molecular weight is 509 g/mol. The van der Waals surface area contributed by atoms with Gasteiger partial charge >= 0.3 is 0 Å². The summed E-state index contributed by atoms with van der Waals surface area (Å²) in [5, 5.41) is 16.7. The largest absolute Gasteiger partial charge is 0.390 e. The predicted molar refractivity (Wildman–Crippen MR) is 141 cm³/mol. The van der Waals surface area contributed by atoms with Gasteiger partial charge in [0.05, 0.1) is 6.10 Å². The molecule has 6 rings (SSSR count). The summed E-state index contributed by atoms with van der Waals surface area (Å²) in [4.78, 5) is 32.8. The standard InChI is InChI=1S/C28H36N4O3S/c1-19(33)31-11-4-21(5-12-31)29-22-2-3-25-24(14-22)27(35)32(18-28(25)8-9-28)17-23(34)16-30-10-6-26-20(15-30)7-13-36-26/h2-3,7,13-14,21,23,29,34H,4-6,8-12,15-18H2,1H3. The molecule has 1 aromatic carbocycles. The number of anilines is 1. The summed E-state index contributed by atoms with van der Waals surface area (Å²) in [6.07, 6.45) is 4.51. The van der Waals surface area contributed by atoms with Gasteiger partial charge < -0.3 is 20.2 Å². The Morgan fingerprint density at radius 1 is 1.19 bits per heavy atom. The number of hydrogen-bond acceptors (Lipinski definition) is 6. The van der Waals surface area contributed by atoms with Crippen LogP contribution in [-0.2, 0) is 23.2 Å². The summed E-state index contributed by atoms with van der Waals surface area (Å²) in [5.74, 6) is 0.178. The van der Waals surface area contributed by atoms with Crippen molar-refractivity contribution in [3.63, 3.8) is 0 Å². The van der Waals surface area contributed by atoms with Gasteiger partial charge in [0.1, 0.15) is 0 Å². The highest BCUT2D eigenvalue weighted by Crippen LogP contribution is 2.52. The number of β-amino-alcohol motifs (C(OH)–C–C–N with tert-alkyl or cyclic N) is 1. The lowest BCUT2D eigenvalue weighted by molar-refractivity contribution is -0.129. The molecule has 2 N–H and O–H groups in total. The van der Waals surface area contributed by atoms with Gasteiger partial charge in [0.2, 0.25) is 5.91 Å². The van der Waals surface area contributed by atoms with Crippen LogP contribution < -0.4 is 5.32 Å². The van der Waals surface area contributed by atoms with Crippen LogP contribution in [-0.4, -0.2) is 83.0 Å². The number of fused-ring (bicyclic) bond motifs is 3. The fraction of sp³-hybridized carbons (Fsp3) is 0.571. The van der Waals surface area contributed by atoms with Gasteiger partial charge in [-0.05, 0) is 66.8 Å². The van der Waals surface area contributed by atoms with Gasteiger partial charge in [0, 0.05) is 80.3 Å². The monoisotopic (exact) mass is 508 g/mol. The number of carbonyl (C=O) groups is 2. The number of hydrogen-bond donors (Lipinski definition) is 2. The van der Waals surface area contributed by atoms with Crippen LogP contribution in [0, 0.1) is 0 Å². The molecule has 0 bridgehead atoms. The first-order valence-electron chi connectivity index (χ1n) is 13.3. The third-order valence-corrected chi connectivity index (χ3v) is 9.58. The van der Waals surface area contributed by atoms with Crippen molar-refractivity contribution in [2.75, 3.05) is 44.6 Å². The van der Waals surface area contributed by atoms with Gasteiger partial charge in [-0.2, -0.15) is 0 Å². The molecular formula is C28H36N4O3S. The number of nitrogens with one attached hydrogen (secondary N) is 1. The van der Waals surface area contributed by atoms with E-state index in [1.807, 2.05) is 27.2 Å². The van der Waals surface area contributed by atoms with Crippen LogP contribution in [0.25, 0.3) is 0 Å². The number of carbonyl (C=O) groups excluding carboxylic acids is 2. The van der Waals surface area contributed by atoms with Crippen LogP contribution in [0.15, 0.2) is 29.6 Å². The molecule has 1 saturated heterocycles. The lowest BCUT2D eigenvalue weighted by Gasteiger charge is -2.37. The van der Waals surface area contributed by atoms with Crippen molar-refractivity contribution in [3.05, 3.63) is 51.2 Å². The van der Waals surface area contributed by atoms with Crippen molar-refractivity contribution in [2.45, 2.75) is 63.1 Å². The second kappa shape index (κ2) is 9.47. The minimum atomic E-state index is -0.556. The second-order valence-electron chi connectivity index (χ2n) is 11.2. The van der Waals surface area contributed by atoms with E-state index < -0.39 is 6.10 Å². The Morgan fingerprint density at radius 2 is 2.00 bits per heavy atom. The first-order chi connectivity index (χ1) is 17.4. The molecule has 2 fully saturated rings. The molecule has 192 valence electrons. The van der Waals surface area contributed by atoms with E-state index in [1.165, 1.54) is 16.0 Å². The molecule has 36 heavy (non-hydrogen) atoms. The highest BCUT2D eigenvalue weighted by Gasteiger charge is 2.51. The number of rotatable bonds is 6. The minimum absolute atomic E-state index is 0.0374. The van der Waals surface area contributed by atoms with Crippen molar-refractivity contribution in [1.82, 2.24) is 14.7 Å². The van der Waals surface area contributed by atoms with E-state index in [1.54, 1.807) is 6.92 Å². The summed E-state index contributed by atoms with van der Waals surface area (Å²) in [6.45, 7) is 6.72. The normalized spacial score (nSPS) is 22.3. The third kappa shape index (κ3) is 4.66. The number of nitrogens with zero attached hydrogens (tertiary/aromatic N) is 3. The molecule has 3 aliphatic heterocycles. The Labute approximate surface area is 217 Å². The number of benzene rings is 1. The van der Waals surface area contributed by atoms with Gasteiger partial charge in [-0.25, -0.2) is 0 Å². The minimum Gasteiger partial charge on any atom is -0.390 e. The summed E-state index contributed by atoms with van der Waals surface area (Å²) in [6, 6.07) is 8.78. The quantitative estimate of drug-likeness (QED) is 0.627. The Hall–Kier alpha value is -2.42. The van der Waals surface area contributed by atoms with Gasteiger partial charge in [0.25, 0.3) is 5.91 Å². The van der Waals surface area contributed by atoms with E-state index in [0.717, 1.165) is 69.5 Å². The van der Waals surface area contributed by atoms with E-state index in [-0.39, 0.29) is 17.2 Å². The fourth-order valence-electron chi connectivity index (χ4n) is 6.34. The first kappa shape index (κ1) is 23.9. The van der Waals surface area contributed by atoms with E-state index in [9.17, 15) is 14.7 Å². The van der Waals surface area contributed by atoms with Gasteiger partial charge in [-0.1, -0.05) is 6.07 Å². The van der Waals surface area contributed by atoms with Gasteiger partial charge in [-0.3, -0.25) is 14.5 Å². The molecular weight excluding hydrogens is 472 g/mol. The maximum atomic E-state index is 13.6. The Bertz CT molecular complexity index is 1150. The molecule has 8 heteroatoms. The predicted octanol–water partition coefficient (Wildman–Crippen LogP) is 3.08. The lowest BCUT2D eigenvalue weighted by atomic mass is 9.86. The number of thiophene rings is 1. The maximum absolute atomic E-state index is 13.6. The number of amides is 2. The van der Waals surface area contributed by atoms with Crippen LogP contribution in [0.5, 0.6) is 0 Å². The lowest BCUT2D eigenvalue weighted by Crippen LogP contribution is -2.49. The maximum Gasteiger partial charge on any atom is 0.254 e. The third-order valence-electron chi connectivity index (χ3n) is 8.55. The van der Waals surface area contributed by atoms with Gasteiger partial charge in [0.15, 0.2) is 0 Å². The molecule has 1 unspecified atom stereocenters. The molecule has 7 nitrogen and oxygen atoms in total. The molecule has 4 heterocycles. The summed E-state index contributed by atoms with van der Waals surface area (Å²) in [7, 11) is 0. The zero-order valence-electron chi connectivity index (χ0n) is 21.0. The summed E-state index contributed by atoms with van der Waals surface area (Å²) < 4.78 is 0. The molecule has 1 spiro atoms. The molecule has 1 saturated carbocycles. The van der Waals surface area contributed by atoms with E-state index >= 15 is 0 Å². The molecule has 1 atom stereocenters.